The third-order valence-corrected chi connectivity index (χ3v) is 5.12. The number of nitrogens with one attached hydrogen (secondary N) is 3. The van der Waals surface area contributed by atoms with Crippen LogP contribution >= 0.6 is 24.4 Å². The van der Waals surface area contributed by atoms with Gasteiger partial charge in [0.2, 0.25) is 17.7 Å². The van der Waals surface area contributed by atoms with Gasteiger partial charge in [-0.15, -0.1) is 0 Å². The fourth-order valence-corrected chi connectivity index (χ4v) is 3.23. The standard InChI is InChI=1S/C18H32N4O7S2/c1-9(2)6-10(19)15(25)20-11(4-5-31-3)16(26)21-12(7-14(23)24)17(27)22-13(8-30)18(28)29/h9-13,30H,4-8,19H2,1-3H3,(H,20,25)(H,21,26)(H,22,27)(H,23,24)(H,28,29). The molecule has 178 valence electrons. The lowest BCUT2D eigenvalue weighted by atomic mass is 10.0. The van der Waals surface area contributed by atoms with Crippen molar-refractivity contribution in [2.24, 2.45) is 11.7 Å². The summed E-state index contributed by atoms with van der Waals surface area (Å²) >= 11 is 5.26. The summed E-state index contributed by atoms with van der Waals surface area (Å²) in [7, 11) is 0. The summed E-state index contributed by atoms with van der Waals surface area (Å²) in [5.41, 5.74) is 5.86. The van der Waals surface area contributed by atoms with Crippen LogP contribution in [-0.2, 0) is 24.0 Å². The minimum absolute atomic E-state index is 0.164. The molecule has 0 aliphatic heterocycles. The highest BCUT2D eigenvalue weighted by Crippen LogP contribution is 2.06. The molecule has 0 aromatic carbocycles. The van der Waals surface area contributed by atoms with Crippen molar-refractivity contribution in [3.63, 3.8) is 0 Å². The van der Waals surface area contributed by atoms with E-state index in [0.29, 0.717) is 12.2 Å². The number of hydrogen-bond donors (Lipinski definition) is 7. The van der Waals surface area contributed by atoms with Gasteiger partial charge in [0.05, 0.1) is 12.5 Å². The first kappa shape index (κ1) is 29.0. The largest absolute Gasteiger partial charge is 0.481 e. The van der Waals surface area contributed by atoms with Crippen LogP contribution in [-0.4, -0.2) is 81.8 Å². The summed E-state index contributed by atoms with van der Waals surface area (Å²) in [6.45, 7) is 3.80. The monoisotopic (exact) mass is 480 g/mol. The van der Waals surface area contributed by atoms with Gasteiger partial charge in [0.25, 0.3) is 0 Å². The molecule has 7 N–H and O–H groups in total. The van der Waals surface area contributed by atoms with Crippen molar-refractivity contribution in [2.75, 3.05) is 17.8 Å². The molecule has 0 radical (unpaired) electrons. The van der Waals surface area contributed by atoms with Crippen LogP contribution in [0.5, 0.6) is 0 Å². The molecule has 11 nitrogen and oxygen atoms in total. The number of nitrogens with two attached hydrogens (primary N) is 1. The number of carboxylic acids is 2. The Hall–Kier alpha value is -1.99. The van der Waals surface area contributed by atoms with Gasteiger partial charge in [-0.3, -0.25) is 19.2 Å². The van der Waals surface area contributed by atoms with Crippen molar-refractivity contribution in [2.45, 2.75) is 57.3 Å². The number of carbonyl (C=O) groups excluding carboxylic acids is 3. The Labute approximate surface area is 191 Å². The highest BCUT2D eigenvalue weighted by molar-refractivity contribution is 7.98. The maximum atomic E-state index is 12.7. The molecular weight excluding hydrogens is 448 g/mol. The van der Waals surface area contributed by atoms with Crippen LogP contribution in [0.15, 0.2) is 0 Å². The lowest BCUT2D eigenvalue weighted by molar-refractivity contribution is -0.143. The quantitative estimate of drug-likeness (QED) is 0.145. The molecule has 4 atom stereocenters. The first-order chi connectivity index (χ1) is 14.4. The zero-order valence-electron chi connectivity index (χ0n) is 17.8. The molecule has 0 aromatic rings. The minimum Gasteiger partial charge on any atom is -0.481 e. The number of carbonyl (C=O) groups is 5. The minimum atomic E-state index is -1.54. The summed E-state index contributed by atoms with van der Waals surface area (Å²) in [5.74, 6) is -4.56. The Morgan fingerprint density at radius 3 is 1.90 bits per heavy atom. The Morgan fingerprint density at radius 1 is 0.935 bits per heavy atom. The van der Waals surface area contributed by atoms with E-state index in [9.17, 15) is 24.0 Å². The van der Waals surface area contributed by atoms with E-state index in [1.807, 2.05) is 20.1 Å². The Bertz CT molecular complexity index is 648. The lowest BCUT2D eigenvalue weighted by Gasteiger charge is -2.24. The predicted octanol–water partition coefficient (Wildman–Crippen LogP) is -0.944. The van der Waals surface area contributed by atoms with E-state index < -0.39 is 60.2 Å². The molecule has 0 heterocycles. The number of amides is 3. The number of thiol groups is 1. The van der Waals surface area contributed by atoms with Gasteiger partial charge in [0, 0.05) is 5.75 Å². The topological polar surface area (TPSA) is 188 Å². The van der Waals surface area contributed by atoms with Crippen LogP contribution in [0.4, 0.5) is 0 Å². The normalized spacial score (nSPS) is 14.8. The summed E-state index contributed by atoms with van der Waals surface area (Å²) in [6, 6.07) is -4.76. The summed E-state index contributed by atoms with van der Waals surface area (Å²) in [4.78, 5) is 59.7. The van der Waals surface area contributed by atoms with Crippen LogP contribution in [0.2, 0.25) is 0 Å². The molecule has 0 aromatic heterocycles. The van der Waals surface area contributed by atoms with Crippen LogP contribution in [0.3, 0.4) is 0 Å². The Morgan fingerprint density at radius 2 is 1.45 bits per heavy atom. The van der Waals surface area contributed by atoms with Crippen LogP contribution < -0.4 is 21.7 Å². The Kier molecular flexibility index (Phi) is 14.0. The molecule has 0 saturated carbocycles. The zero-order chi connectivity index (χ0) is 24.1. The number of hydrogen-bond acceptors (Lipinski definition) is 8. The molecule has 0 aliphatic carbocycles. The number of carboxylic acid groups (broad SMARTS) is 2. The number of aliphatic carboxylic acids is 2. The van der Waals surface area contributed by atoms with Crippen molar-refractivity contribution in [1.29, 1.82) is 0 Å². The summed E-state index contributed by atoms with van der Waals surface area (Å²) < 4.78 is 0. The molecule has 0 bridgehead atoms. The zero-order valence-corrected chi connectivity index (χ0v) is 19.5. The highest BCUT2D eigenvalue weighted by atomic mass is 32.2. The van der Waals surface area contributed by atoms with Crippen LogP contribution in [0.1, 0.15) is 33.1 Å². The van der Waals surface area contributed by atoms with E-state index in [1.165, 1.54) is 11.8 Å². The van der Waals surface area contributed by atoms with E-state index in [4.69, 9.17) is 15.9 Å². The van der Waals surface area contributed by atoms with Gasteiger partial charge in [-0.1, -0.05) is 13.8 Å². The molecule has 0 fully saturated rings. The second-order valence-corrected chi connectivity index (χ2v) is 8.67. The van der Waals surface area contributed by atoms with Crippen molar-refractivity contribution < 1.29 is 34.2 Å². The molecule has 0 aliphatic rings. The van der Waals surface area contributed by atoms with E-state index >= 15 is 0 Å². The Balaban J connectivity index is 5.38. The molecule has 13 heteroatoms. The van der Waals surface area contributed by atoms with Gasteiger partial charge >= 0.3 is 11.9 Å². The van der Waals surface area contributed by atoms with Crippen LogP contribution in [0, 0.1) is 5.92 Å². The molecule has 0 spiro atoms. The molecule has 3 amide bonds. The maximum absolute atomic E-state index is 12.7. The predicted molar refractivity (Wildman–Crippen MR) is 120 cm³/mol. The fourth-order valence-electron chi connectivity index (χ4n) is 2.51. The second-order valence-electron chi connectivity index (χ2n) is 7.32. The second kappa shape index (κ2) is 14.9. The summed E-state index contributed by atoms with van der Waals surface area (Å²) in [5, 5.41) is 25.1. The van der Waals surface area contributed by atoms with Gasteiger partial charge in [-0.2, -0.15) is 24.4 Å². The third kappa shape index (κ3) is 11.8. The molecule has 0 rings (SSSR count). The van der Waals surface area contributed by atoms with E-state index in [0.717, 1.165) is 0 Å². The van der Waals surface area contributed by atoms with Crippen LogP contribution in [0.25, 0.3) is 0 Å². The maximum Gasteiger partial charge on any atom is 0.327 e. The lowest BCUT2D eigenvalue weighted by Crippen LogP contribution is -2.57. The van der Waals surface area contributed by atoms with Gasteiger partial charge in [0.15, 0.2) is 0 Å². The van der Waals surface area contributed by atoms with Crippen molar-refractivity contribution in [1.82, 2.24) is 16.0 Å². The van der Waals surface area contributed by atoms with E-state index in [-0.39, 0.29) is 18.1 Å². The first-order valence-corrected chi connectivity index (χ1v) is 11.7. The number of rotatable bonds is 15. The first-order valence-electron chi connectivity index (χ1n) is 9.63. The average molecular weight is 481 g/mol. The van der Waals surface area contributed by atoms with E-state index in [1.54, 1.807) is 0 Å². The smallest absolute Gasteiger partial charge is 0.327 e. The summed E-state index contributed by atoms with van der Waals surface area (Å²) in [6.07, 6.45) is 1.67. The highest BCUT2D eigenvalue weighted by Gasteiger charge is 2.31. The number of thioether (sulfide) groups is 1. The molecule has 4 unspecified atom stereocenters. The van der Waals surface area contributed by atoms with Gasteiger partial charge in [0.1, 0.15) is 18.1 Å². The molecular formula is C18H32N4O7S2. The molecule has 31 heavy (non-hydrogen) atoms. The van der Waals surface area contributed by atoms with Crippen molar-refractivity contribution >= 4 is 54.1 Å². The van der Waals surface area contributed by atoms with E-state index in [2.05, 4.69) is 28.6 Å². The van der Waals surface area contributed by atoms with Crippen molar-refractivity contribution in [3.8, 4) is 0 Å². The SMILES string of the molecule is CSCCC(NC(=O)C(N)CC(C)C)C(=O)NC(CC(=O)O)C(=O)NC(CS)C(=O)O. The van der Waals surface area contributed by atoms with Crippen molar-refractivity contribution in [3.05, 3.63) is 0 Å². The third-order valence-electron chi connectivity index (χ3n) is 4.11. The van der Waals surface area contributed by atoms with Gasteiger partial charge in [-0.05, 0) is 30.8 Å². The molecule has 0 saturated heterocycles. The average Bonchev–Trinajstić information content (AvgIpc) is 2.66. The van der Waals surface area contributed by atoms with Gasteiger partial charge < -0.3 is 31.9 Å². The fraction of sp³-hybridized carbons (Fsp3) is 0.722. The van der Waals surface area contributed by atoms with Gasteiger partial charge in [-0.25, -0.2) is 4.79 Å².